The number of hydrogen-bond donors (Lipinski definition) is 0. The van der Waals surface area contributed by atoms with Crippen molar-refractivity contribution in [1.29, 1.82) is 0 Å². The van der Waals surface area contributed by atoms with E-state index < -0.39 is 0 Å². The zero-order chi connectivity index (χ0) is 4.28. The second kappa shape index (κ2) is 2.78. The maximum atomic E-state index is 2.61. The van der Waals surface area contributed by atoms with Crippen molar-refractivity contribution in [3.63, 3.8) is 0 Å². The van der Waals surface area contributed by atoms with Crippen LogP contribution in [-0.4, -0.2) is 16.9 Å². The fourth-order valence-electron chi connectivity index (χ4n) is 0. The second-order valence-corrected chi connectivity index (χ2v) is 3.11. The third kappa shape index (κ3) is 4.56. The zero-order valence-electron chi connectivity index (χ0n) is 3.73. The van der Waals surface area contributed by atoms with Gasteiger partial charge in [0.05, 0.1) is 0 Å². The van der Waals surface area contributed by atoms with Crippen molar-refractivity contribution < 1.29 is 0 Å². The summed E-state index contributed by atoms with van der Waals surface area (Å²) in [5.41, 5.74) is 0. The van der Waals surface area contributed by atoms with Gasteiger partial charge >= 0.3 is 41.8 Å². The van der Waals surface area contributed by atoms with Gasteiger partial charge in [0.1, 0.15) is 0 Å². The van der Waals surface area contributed by atoms with E-state index in [0.717, 1.165) is 4.71 Å². The summed E-state index contributed by atoms with van der Waals surface area (Å²) >= 11 is 2.61. The molecule has 1 heteroatoms. The molecule has 0 spiro atoms. The van der Waals surface area contributed by atoms with E-state index in [4.69, 9.17) is 0 Å². The predicted molar refractivity (Wildman–Crippen MR) is 25.5 cm³/mol. The molecule has 0 amide bonds. The van der Waals surface area contributed by atoms with Crippen molar-refractivity contribution in [2.75, 3.05) is 0 Å². The molecule has 2 radical (unpaired) electrons. The molecule has 0 nitrogen and oxygen atoms in total. The fourth-order valence-corrected chi connectivity index (χ4v) is 0. The molecule has 1 unspecified atom stereocenters. The first kappa shape index (κ1) is 5.56. The molecule has 0 aromatic heterocycles. The van der Waals surface area contributed by atoms with Crippen molar-refractivity contribution in [2.24, 2.45) is 0 Å². The Morgan fingerprint density at radius 3 is 2.00 bits per heavy atom. The van der Waals surface area contributed by atoms with Crippen LogP contribution in [0.5, 0.6) is 0 Å². The summed E-state index contributed by atoms with van der Waals surface area (Å²) in [6.45, 7) is 4.38. The van der Waals surface area contributed by atoms with Crippen molar-refractivity contribution in [1.82, 2.24) is 0 Å². The molecule has 5 heavy (non-hydrogen) atoms. The normalized spacial score (nSPS) is 15.0. The molecule has 0 aliphatic carbocycles. The molecule has 30 valence electrons. The van der Waals surface area contributed by atoms with E-state index in [-0.39, 0.29) is 0 Å². The number of rotatable bonds is 1. The van der Waals surface area contributed by atoms with Gasteiger partial charge in [0.15, 0.2) is 0 Å². The molecule has 0 N–H and O–H groups in total. The molecule has 0 aliphatic rings. The summed E-state index contributed by atoms with van der Waals surface area (Å²) in [7, 11) is 0. The quantitative estimate of drug-likeness (QED) is 0.472. The van der Waals surface area contributed by atoms with Gasteiger partial charge < -0.3 is 0 Å². The molecule has 0 heterocycles. The maximum absolute atomic E-state index is 2.61. The van der Waals surface area contributed by atoms with E-state index in [9.17, 15) is 0 Å². The van der Waals surface area contributed by atoms with Crippen LogP contribution in [0.15, 0.2) is 0 Å². The minimum absolute atomic E-state index is 0.822. The summed E-state index contributed by atoms with van der Waals surface area (Å²) < 4.78 is 0.822. The Bertz CT molecular complexity index is 17.6. The van der Waals surface area contributed by atoms with Gasteiger partial charge in [0, 0.05) is 0 Å². The Hall–Kier alpha value is 0.558. The topological polar surface area (TPSA) is 0 Å². The van der Waals surface area contributed by atoms with Crippen LogP contribution in [0.3, 0.4) is 0 Å². The molecule has 1 atom stereocenters. The Morgan fingerprint density at radius 2 is 2.00 bits per heavy atom. The van der Waals surface area contributed by atoms with Crippen molar-refractivity contribution >= 4 is 16.9 Å². The summed E-state index contributed by atoms with van der Waals surface area (Å²) in [4.78, 5) is 0. The molecular formula is C4H9As. The average molecular weight is 132 g/mol. The van der Waals surface area contributed by atoms with Crippen LogP contribution < -0.4 is 0 Å². The third-order valence-electron chi connectivity index (χ3n) is 0.591. The van der Waals surface area contributed by atoms with Gasteiger partial charge in [-0.2, -0.15) is 0 Å². The first-order valence-electron chi connectivity index (χ1n) is 1.95. The molecule has 0 fully saturated rings. The van der Waals surface area contributed by atoms with E-state index >= 15 is 0 Å². The second-order valence-electron chi connectivity index (χ2n) is 1.26. The Labute approximate surface area is 42.5 Å². The van der Waals surface area contributed by atoms with Gasteiger partial charge in [-0.25, -0.2) is 0 Å². The summed E-state index contributed by atoms with van der Waals surface area (Å²) in [5.74, 6) is 0. The third-order valence-corrected chi connectivity index (χ3v) is 1.36. The molecule has 0 aliphatic heterocycles. The Balaban J connectivity index is 2.54. The van der Waals surface area contributed by atoms with Crippen LogP contribution in [-0.2, 0) is 0 Å². The first-order valence-corrected chi connectivity index (χ1v) is 3.03. The van der Waals surface area contributed by atoms with Crippen LogP contribution in [0.4, 0.5) is 0 Å². The van der Waals surface area contributed by atoms with Crippen molar-refractivity contribution in [3.05, 3.63) is 0 Å². The Kier molecular flexibility index (Phi) is 3.09. The first-order chi connectivity index (χ1) is 2.27. The van der Waals surface area contributed by atoms with E-state index in [1.807, 2.05) is 0 Å². The van der Waals surface area contributed by atoms with Gasteiger partial charge in [-0.05, 0) is 0 Å². The van der Waals surface area contributed by atoms with E-state index in [1.54, 1.807) is 0 Å². The SMILES string of the molecule is CCC(C)[As]. The molecule has 0 aromatic carbocycles. The van der Waals surface area contributed by atoms with Gasteiger partial charge in [-0.3, -0.25) is 0 Å². The fraction of sp³-hybridized carbons (Fsp3) is 1.00. The summed E-state index contributed by atoms with van der Waals surface area (Å²) in [6.07, 6.45) is 1.28. The van der Waals surface area contributed by atoms with Crippen LogP contribution in [0.2, 0.25) is 4.71 Å². The molecule has 0 saturated heterocycles. The predicted octanol–water partition coefficient (Wildman–Crippen LogP) is 1.37. The van der Waals surface area contributed by atoms with Gasteiger partial charge in [0.2, 0.25) is 0 Å². The monoisotopic (exact) mass is 132 g/mol. The van der Waals surface area contributed by atoms with E-state index in [0.29, 0.717) is 0 Å². The van der Waals surface area contributed by atoms with Gasteiger partial charge in [0.25, 0.3) is 0 Å². The molecule has 0 aromatic rings. The van der Waals surface area contributed by atoms with Gasteiger partial charge in [-0.15, -0.1) is 0 Å². The minimum atomic E-state index is 0.822. The molecule has 0 bridgehead atoms. The van der Waals surface area contributed by atoms with Gasteiger partial charge in [-0.1, -0.05) is 0 Å². The average Bonchev–Trinajstić information content (AvgIpc) is 1.38. The van der Waals surface area contributed by atoms with Crippen LogP contribution in [0.25, 0.3) is 0 Å². The summed E-state index contributed by atoms with van der Waals surface area (Å²) in [6, 6.07) is 0. The van der Waals surface area contributed by atoms with Crippen LogP contribution in [0, 0.1) is 0 Å². The standard InChI is InChI=1S/C4H9As/c1-3-4(2)5/h4H,3H2,1-2H3. The summed E-state index contributed by atoms with van der Waals surface area (Å²) in [5, 5.41) is 0. The van der Waals surface area contributed by atoms with Crippen molar-refractivity contribution in [3.8, 4) is 0 Å². The zero-order valence-corrected chi connectivity index (χ0v) is 5.61. The Morgan fingerprint density at radius 1 is 1.80 bits per heavy atom. The van der Waals surface area contributed by atoms with E-state index in [2.05, 4.69) is 30.7 Å². The van der Waals surface area contributed by atoms with Crippen LogP contribution in [0.1, 0.15) is 20.3 Å². The molecule has 0 rings (SSSR count). The molecular weight excluding hydrogens is 123 g/mol. The molecule has 0 saturated carbocycles. The number of hydrogen-bond acceptors (Lipinski definition) is 0. The van der Waals surface area contributed by atoms with Crippen LogP contribution >= 0.6 is 0 Å². The van der Waals surface area contributed by atoms with E-state index in [1.165, 1.54) is 6.42 Å². The van der Waals surface area contributed by atoms with Crippen molar-refractivity contribution in [2.45, 2.75) is 25.0 Å².